The van der Waals surface area contributed by atoms with Gasteiger partial charge in [0.15, 0.2) is 0 Å². The summed E-state index contributed by atoms with van der Waals surface area (Å²) < 4.78 is 5.07. The molecule has 0 aromatic carbocycles. The van der Waals surface area contributed by atoms with E-state index in [1.54, 1.807) is 6.92 Å². The summed E-state index contributed by atoms with van der Waals surface area (Å²) in [6.07, 6.45) is 4.90. The van der Waals surface area contributed by atoms with Gasteiger partial charge in [0.25, 0.3) is 0 Å². The summed E-state index contributed by atoms with van der Waals surface area (Å²) in [6, 6.07) is 0. The van der Waals surface area contributed by atoms with Gasteiger partial charge >= 0.3 is 5.97 Å². The highest BCUT2D eigenvalue weighted by Gasteiger charge is 2.28. The lowest BCUT2D eigenvalue weighted by molar-refractivity contribution is -0.148. The predicted octanol–water partition coefficient (Wildman–Crippen LogP) is 2.73. The number of hydrogen-bond acceptors (Lipinski definition) is 3. The number of hydrogen-bond donors (Lipinski definition) is 0. The summed E-state index contributed by atoms with van der Waals surface area (Å²) in [5, 5.41) is 0. The molecular weight excluding hydrogens is 192 g/mol. The van der Waals surface area contributed by atoms with Crippen LogP contribution in [0.3, 0.4) is 0 Å². The molecule has 0 saturated heterocycles. The Kier molecular flexibility index (Phi) is 7.01. The molecule has 0 aliphatic carbocycles. The van der Waals surface area contributed by atoms with E-state index in [0.717, 1.165) is 32.0 Å². The van der Waals surface area contributed by atoms with Crippen LogP contribution in [0.4, 0.5) is 0 Å². The van der Waals surface area contributed by atoms with Crippen LogP contribution < -0.4 is 0 Å². The van der Waals surface area contributed by atoms with Crippen molar-refractivity contribution in [2.75, 3.05) is 6.61 Å². The molecule has 0 aromatic heterocycles. The normalized spacial score (nSPS) is 14.3. The molecule has 0 aliphatic heterocycles. The van der Waals surface area contributed by atoms with Crippen LogP contribution in [-0.2, 0) is 14.3 Å². The molecule has 0 amide bonds. The Morgan fingerprint density at radius 2 is 2.00 bits per heavy atom. The van der Waals surface area contributed by atoms with E-state index in [-0.39, 0.29) is 12.6 Å². The van der Waals surface area contributed by atoms with Crippen molar-refractivity contribution in [3.05, 3.63) is 0 Å². The van der Waals surface area contributed by atoms with Gasteiger partial charge in [-0.1, -0.05) is 33.6 Å². The quantitative estimate of drug-likeness (QED) is 0.461. The predicted molar refractivity (Wildman–Crippen MR) is 59.6 cm³/mol. The van der Waals surface area contributed by atoms with Gasteiger partial charge in [0.2, 0.25) is 0 Å². The first-order valence-corrected chi connectivity index (χ1v) is 5.76. The fourth-order valence-corrected chi connectivity index (χ4v) is 1.38. The SMILES string of the molecule is CCCCC(C=O)(CC)COC(=O)CC. The maximum absolute atomic E-state index is 11.1. The molecule has 0 rings (SSSR count). The van der Waals surface area contributed by atoms with Gasteiger partial charge in [-0.05, 0) is 12.8 Å². The summed E-state index contributed by atoms with van der Waals surface area (Å²) in [6.45, 7) is 6.04. The van der Waals surface area contributed by atoms with Crippen LogP contribution in [0.2, 0.25) is 0 Å². The average molecular weight is 214 g/mol. The number of aldehydes is 1. The largest absolute Gasteiger partial charge is 0.465 e. The van der Waals surface area contributed by atoms with Crippen molar-refractivity contribution in [2.24, 2.45) is 5.41 Å². The van der Waals surface area contributed by atoms with Crippen molar-refractivity contribution < 1.29 is 14.3 Å². The topological polar surface area (TPSA) is 43.4 Å². The van der Waals surface area contributed by atoms with Crippen LogP contribution in [0, 0.1) is 5.41 Å². The van der Waals surface area contributed by atoms with Gasteiger partial charge in [-0.15, -0.1) is 0 Å². The minimum atomic E-state index is -0.457. The fourth-order valence-electron chi connectivity index (χ4n) is 1.38. The molecule has 0 aliphatic rings. The maximum Gasteiger partial charge on any atom is 0.305 e. The van der Waals surface area contributed by atoms with Gasteiger partial charge in [0.1, 0.15) is 12.9 Å². The standard InChI is InChI=1S/C12H22O3/c1-4-7-8-12(6-3,9-13)10-15-11(14)5-2/h9H,4-8,10H2,1-3H3. The first kappa shape index (κ1) is 14.1. The molecule has 0 aromatic rings. The fraction of sp³-hybridized carbons (Fsp3) is 0.833. The summed E-state index contributed by atoms with van der Waals surface area (Å²) in [5.41, 5.74) is -0.457. The van der Waals surface area contributed by atoms with Gasteiger partial charge in [-0.2, -0.15) is 0 Å². The smallest absolute Gasteiger partial charge is 0.305 e. The number of rotatable bonds is 8. The third kappa shape index (κ3) is 4.96. The van der Waals surface area contributed by atoms with E-state index in [9.17, 15) is 9.59 Å². The highest BCUT2D eigenvalue weighted by atomic mass is 16.5. The molecule has 1 atom stereocenters. The summed E-state index contributed by atoms with van der Waals surface area (Å²) in [4.78, 5) is 22.1. The minimum absolute atomic E-state index is 0.230. The third-order valence-electron chi connectivity index (χ3n) is 2.79. The second kappa shape index (κ2) is 7.43. The molecule has 0 fully saturated rings. The molecule has 0 radical (unpaired) electrons. The Morgan fingerprint density at radius 3 is 2.40 bits per heavy atom. The first-order valence-electron chi connectivity index (χ1n) is 5.76. The van der Waals surface area contributed by atoms with Crippen LogP contribution in [0.5, 0.6) is 0 Å². The zero-order valence-corrected chi connectivity index (χ0v) is 10.0. The van der Waals surface area contributed by atoms with E-state index in [4.69, 9.17) is 4.74 Å². The summed E-state index contributed by atoms with van der Waals surface area (Å²) >= 11 is 0. The summed E-state index contributed by atoms with van der Waals surface area (Å²) in [5.74, 6) is -0.230. The monoisotopic (exact) mass is 214 g/mol. The second-order valence-corrected chi connectivity index (χ2v) is 3.95. The van der Waals surface area contributed by atoms with Crippen LogP contribution in [0.1, 0.15) is 52.9 Å². The van der Waals surface area contributed by atoms with Crippen molar-refractivity contribution in [1.29, 1.82) is 0 Å². The molecule has 0 spiro atoms. The Balaban J connectivity index is 4.22. The van der Waals surface area contributed by atoms with Crippen LogP contribution in [0.15, 0.2) is 0 Å². The van der Waals surface area contributed by atoms with Gasteiger partial charge in [0.05, 0.1) is 5.41 Å². The number of esters is 1. The van der Waals surface area contributed by atoms with E-state index >= 15 is 0 Å². The second-order valence-electron chi connectivity index (χ2n) is 3.95. The first-order chi connectivity index (χ1) is 7.14. The Bertz CT molecular complexity index is 201. The van der Waals surface area contributed by atoms with Crippen molar-refractivity contribution >= 4 is 12.3 Å². The Labute approximate surface area is 92.2 Å². The number of unbranched alkanes of at least 4 members (excludes halogenated alkanes) is 1. The molecule has 3 heteroatoms. The lowest BCUT2D eigenvalue weighted by Gasteiger charge is -2.25. The Morgan fingerprint density at radius 1 is 1.33 bits per heavy atom. The molecule has 0 saturated carbocycles. The minimum Gasteiger partial charge on any atom is -0.465 e. The van der Waals surface area contributed by atoms with Crippen LogP contribution in [-0.4, -0.2) is 18.9 Å². The molecule has 3 nitrogen and oxygen atoms in total. The van der Waals surface area contributed by atoms with Gasteiger partial charge in [0, 0.05) is 6.42 Å². The van der Waals surface area contributed by atoms with E-state index < -0.39 is 5.41 Å². The van der Waals surface area contributed by atoms with Gasteiger partial charge < -0.3 is 9.53 Å². The Hall–Kier alpha value is -0.860. The van der Waals surface area contributed by atoms with Gasteiger partial charge in [-0.3, -0.25) is 4.79 Å². The molecule has 0 N–H and O–H groups in total. The number of ether oxygens (including phenoxy) is 1. The zero-order valence-electron chi connectivity index (χ0n) is 10.0. The summed E-state index contributed by atoms with van der Waals surface area (Å²) in [7, 11) is 0. The molecular formula is C12H22O3. The molecule has 88 valence electrons. The zero-order chi connectivity index (χ0) is 11.7. The van der Waals surface area contributed by atoms with E-state index in [0.29, 0.717) is 6.42 Å². The van der Waals surface area contributed by atoms with Crippen molar-refractivity contribution in [3.8, 4) is 0 Å². The molecule has 1 unspecified atom stereocenters. The molecule has 15 heavy (non-hydrogen) atoms. The number of carbonyl (C=O) groups excluding carboxylic acids is 2. The lowest BCUT2D eigenvalue weighted by Crippen LogP contribution is -2.29. The van der Waals surface area contributed by atoms with Gasteiger partial charge in [-0.25, -0.2) is 0 Å². The van der Waals surface area contributed by atoms with E-state index in [2.05, 4.69) is 6.92 Å². The van der Waals surface area contributed by atoms with Crippen LogP contribution in [0.25, 0.3) is 0 Å². The van der Waals surface area contributed by atoms with Crippen molar-refractivity contribution in [3.63, 3.8) is 0 Å². The highest BCUT2D eigenvalue weighted by Crippen LogP contribution is 2.26. The van der Waals surface area contributed by atoms with Crippen molar-refractivity contribution in [1.82, 2.24) is 0 Å². The lowest BCUT2D eigenvalue weighted by atomic mass is 9.82. The number of carbonyl (C=O) groups is 2. The highest BCUT2D eigenvalue weighted by molar-refractivity contribution is 5.69. The van der Waals surface area contributed by atoms with Crippen LogP contribution >= 0.6 is 0 Å². The van der Waals surface area contributed by atoms with E-state index in [1.165, 1.54) is 0 Å². The maximum atomic E-state index is 11.1. The van der Waals surface area contributed by atoms with E-state index in [1.807, 2.05) is 6.92 Å². The van der Waals surface area contributed by atoms with Crippen molar-refractivity contribution in [2.45, 2.75) is 52.9 Å². The molecule has 0 bridgehead atoms. The third-order valence-corrected chi connectivity index (χ3v) is 2.79. The average Bonchev–Trinajstić information content (AvgIpc) is 2.30. The molecule has 0 heterocycles.